The second-order valence-corrected chi connectivity index (χ2v) is 4.96. The Kier molecular flexibility index (Phi) is 4.80. The Labute approximate surface area is 114 Å². The predicted molar refractivity (Wildman–Crippen MR) is 73.3 cm³/mol. The average molecular weight is 263 g/mol. The molecule has 4 nitrogen and oxygen atoms in total. The lowest BCUT2D eigenvalue weighted by Gasteiger charge is -2.16. The Morgan fingerprint density at radius 3 is 2.95 bits per heavy atom. The van der Waals surface area contributed by atoms with Crippen molar-refractivity contribution in [2.45, 2.75) is 12.8 Å². The summed E-state index contributed by atoms with van der Waals surface area (Å²) in [5.41, 5.74) is 1.23. The zero-order valence-electron chi connectivity index (χ0n) is 11.6. The number of amides is 1. The van der Waals surface area contributed by atoms with Gasteiger partial charge in [-0.1, -0.05) is 12.1 Å². The third-order valence-electron chi connectivity index (χ3n) is 3.52. The van der Waals surface area contributed by atoms with Crippen LogP contribution in [0.4, 0.5) is 0 Å². The number of hydrogen-bond acceptors (Lipinski definition) is 3. The molecule has 1 heterocycles. The number of hydrogen-bond donors (Lipinski definition) is 0. The van der Waals surface area contributed by atoms with E-state index in [1.807, 2.05) is 23.1 Å². The Balaban J connectivity index is 1.91. The van der Waals surface area contributed by atoms with Gasteiger partial charge in [-0.05, 0) is 30.0 Å². The number of likely N-dealkylation sites (tertiary alicyclic amines) is 1. The van der Waals surface area contributed by atoms with E-state index in [2.05, 4.69) is 6.07 Å². The number of rotatable bonds is 6. The standard InChI is InChI=1S/C15H21NO3/c1-18-7-6-16-11-13(10-15(16)17)8-12-4-3-5-14(9-12)19-2/h3-5,9,13H,6-8,10-11H2,1-2H3/t13-/m0/s1. The molecule has 1 aliphatic rings. The molecule has 0 aliphatic carbocycles. The number of nitrogens with zero attached hydrogens (tertiary/aromatic N) is 1. The van der Waals surface area contributed by atoms with Crippen molar-refractivity contribution in [3.63, 3.8) is 0 Å². The van der Waals surface area contributed by atoms with E-state index in [0.29, 0.717) is 25.5 Å². The molecule has 1 aromatic rings. The monoisotopic (exact) mass is 263 g/mol. The first-order valence-corrected chi connectivity index (χ1v) is 6.62. The van der Waals surface area contributed by atoms with Crippen molar-refractivity contribution in [1.29, 1.82) is 0 Å². The second kappa shape index (κ2) is 6.57. The zero-order chi connectivity index (χ0) is 13.7. The van der Waals surface area contributed by atoms with Gasteiger partial charge in [0.2, 0.25) is 5.91 Å². The highest BCUT2D eigenvalue weighted by Crippen LogP contribution is 2.23. The van der Waals surface area contributed by atoms with Crippen LogP contribution in [0.15, 0.2) is 24.3 Å². The Morgan fingerprint density at radius 2 is 2.21 bits per heavy atom. The van der Waals surface area contributed by atoms with Crippen molar-refractivity contribution in [2.24, 2.45) is 5.92 Å². The number of carbonyl (C=O) groups excluding carboxylic acids is 1. The van der Waals surface area contributed by atoms with Crippen LogP contribution < -0.4 is 4.74 Å². The van der Waals surface area contributed by atoms with Crippen LogP contribution in [0, 0.1) is 5.92 Å². The SMILES string of the molecule is COCCN1C[C@@H](Cc2cccc(OC)c2)CC1=O. The minimum Gasteiger partial charge on any atom is -0.497 e. The van der Waals surface area contributed by atoms with Gasteiger partial charge in [0.25, 0.3) is 0 Å². The fourth-order valence-corrected chi connectivity index (χ4v) is 2.54. The van der Waals surface area contributed by atoms with E-state index in [1.165, 1.54) is 5.56 Å². The molecule has 1 aromatic carbocycles. The van der Waals surface area contributed by atoms with E-state index in [4.69, 9.17) is 9.47 Å². The van der Waals surface area contributed by atoms with Crippen LogP contribution in [-0.2, 0) is 16.0 Å². The Morgan fingerprint density at radius 1 is 1.37 bits per heavy atom. The first-order valence-electron chi connectivity index (χ1n) is 6.62. The van der Waals surface area contributed by atoms with E-state index < -0.39 is 0 Å². The van der Waals surface area contributed by atoms with E-state index in [0.717, 1.165) is 18.7 Å². The summed E-state index contributed by atoms with van der Waals surface area (Å²) < 4.78 is 10.2. The van der Waals surface area contributed by atoms with Crippen LogP contribution in [0.3, 0.4) is 0 Å². The summed E-state index contributed by atoms with van der Waals surface area (Å²) in [6.45, 7) is 2.14. The second-order valence-electron chi connectivity index (χ2n) is 4.96. The molecule has 0 radical (unpaired) electrons. The summed E-state index contributed by atoms with van der Waals surface area (Å²) in [6.07, 6.45) is 1.56. The van der Waals surface area contributed by atoms with Crippen LogP contribution in [0.5, 0.6) is 5.75 Å². The number of benzene rings is 1. The van der Waals surface area contributed by atoms with Gasteiger partial charge in [0, 0.05) is 26.6 Å². The van der Waals surface area contributed by atoms with Crippen LogP contribution in [0.1, 0.15) is 12.0 Å². The molecule has 0 saturated carbocycles. The van der Waals surface area contributed by atoms with Gasteiger partial charge in [-0.25, -0.2) is 0 Å². The summed E-state index contributed by atoms with van der Waals surface area (Å²) in [5, 5.41) is 0. The quantitative estimate of drug-likeness (QED) is 0.784. The molecule has 0 bridgehead atoms. The number of carbonyl (C=O) groups is 1. The summed E-state index contributed by atoms with van der Waals surface area (Å²) in [4.78, 5) is 13.7. The van der Waals surface area contributed by atoms with Crippen LogP contribution in [0.2, 0.25) is 0 Å². The fourth-order valence-electron chi connectivity index (χ4n) is 2.54. The normalized spacial score (nSPS) is 18.9. The smallest absolute Gasteiger partial charge is 0.223 e. The molecule has 4 heteroatoms. The maximum Gasteiger partial charge on any atom is 0.223 e. The molecule has 0 unspecified atom stereocenters. The first kappa shape index (κ1) is 13.9. The van der Waals surface area contributed by atoms with Gasteiger partial charge >= 0.3 is 0 Å². The summed E-state index contributed by atoms with van der Waals surface area (Å²) >= 11 is 0. The van der Waals surface area contributed by atoms with Gasteiger partial charge in [-0.2, -0.15) is 0 Å². The molecule has 2 rings (SSSR count). The minimum atomic E-state index is 0.241. The van der Waals surface area contributed by atoms with Crippen LogP contribution >= 0.6 is 0 Å². The van der Waals surface area contributed by atoms with Gasteiger partial charge in [0.05, 0.1) is 13.7 Å². The molecule has 1 fully saturated rings. The molecular formula is C15H21NO3. The molecule has 1 amide bonds. The van der Waals surface area contributed by atoms with Crippen molar-refractivity contribution in [3.05, 3.63) is 29.8 Å². The van der Waals surface area contributed by atoms with E-state index >= 15 is 0 Å². The molecule has 1 saturated heterocycles. The van der Waals surface area contributed by atoms with Gasteiger partial charge in [0.1, 0.15) is 5.75 Å². The van der Waals surface area contributed by atoms with Gasteiger partial charge in [-0.15, -0.1) is 0 Å². The number of methoxy groups -OCH3 is 2. The molecule has 1 aliphatic heterocycles. The molecule has 19 heavy (non-hydrogen) atoms. The van der Waals surface area contributed by atoms with Gasteiger partial charge in [0.15, 0.2) is 0 Å². The lowest BCUT2D eigenvalue weighted by molar-refractivity contribution is -0.128. The molecule has 104 valence electrons. The zero-order valence-corrected chi connectivity index (χ0v) is 11.6. The van der Waals surface area contributed by atoms with E-state index in [-0.39, 0.29) is 5.91 Å². The van der Waals surface area contributed by atoms with Crippen molar-refractivity contribution in [2.75, 3.05) is 33.9 Å². The maximum absolute atomic E-state index is 11.8. The summed E-state index contributed by atoms with van der Waals surface area (Å²) in [5.74, 6) is 1.51. The van der Waals surface area contributed by atoms with Crippen LogP contribution in [0.25, 0.3) is 0 Å². The van der Waals surface area contributed by atoms with Crippen molar-refractivity contribution >= 4 is 5.91 Å². The van der Waals surface area contributed by atoms with Crippen molar-refractivity contribution in [3.8, 4) is 5.75 Å². The Bertz CT molecular complexity index is 433. The minimum absolute atomic E-state index is 0.241. The van der Waals surface area contributed by atoms with Crippen molar-refractivity contribution in [1.82, 2.24) is 4.90 Å². The molecule has 1 atom stereocenters. The Hall–Kier alpha value is -1.55. The maximum atomic E-state index is 11.8. The molecule has 0 N–H and O–H groups in total. The molecular weight excluding hydrogens is 242 g/mol. The fraction of sp³-hybridized carbons (Fsp3) is 0.533. The van der Waals surface area contributed by atoms with Crippen molar-refractivity contribution < 1.29 is 14.3 Å². The largest absolute Gasteiger partial charge is 0.497 e. The van der Waals surface area contributed by atoms with E-state index in [9.17, 15) is 4.79 Å². The lowest BCUT2D eigenvalue weighted by Crippen LogP contribution is -2.28. The van der Waals surface area contributed by atoms with E-state index in [1.54, 1.807) is 14.2 Å². The van der Waals surface area contributed by atoms with Crippen LogP contribution in [-0.4, -0.2) is 44.7 Å². The third-order valence-corrected chi connectivity index (χ3v) is 3.52. The first-order chi connectivity index (χ1) is 9.22. The lowest BCUT2D eigenvalue weighted by atomic mass is 9.98. The predicted octanol–water partition coefficient (Wildman–Crippen LogP) is 1.73. The van der Waals surface area contributed by atoms with Gasteiger partial charge in [-0.3, -0.25) is 4.79 Å². The highest BCUT2D eigenvalue weighted by molar-refractivity contribution is 5.78. The molecule has 0 aromatic heterocycles. The average Bonchev–Trinajstić information content (AvgIpc) is 2.76. The van der Waals surface area contributed by atoms with Gasteiger partial charge < -0.3 is 14.4 Å². The topological polar surface area (TPSA) is 38.8 Å². The highest BCUT2D eigenvalue weighted by atomic mass is 16.5. The third kappa shape index (κ3) is 3.70. The number of ether oxygens (including phenoxy) is 2. The summed E-state index contributed by atoms with van der Waals surface area (Å²) in [7, 11) is 3.33. The summed E-state index contributed by atoms with van der Waals surface area (Å²) in [6, 6.07) is 8.06. The highest BCUT2D eigenvalue weighted by Gasteiger charge is 2.29. The molecule has 0 spiro atoms.